The summed E-state index contributed by atoms with van der Waals surface area (Å²) in [5.41, 5.74) is 3.12. The van der Waals surface area contributed by atoms with Crippen LogP contribution in [-0.4, -0.2) is 29.0 Å². The third-order valence-corrected chi connectivity index (χ3v) is 6.60. The highest BCUT2D eigenvalue weighted by molar-refractivity contribution is 7.16. The number of Topliss-reactive ketones (excluding diaryl/α,β-unsaturated/α-hetero) is 1. The number of fused-ring (bicyclic) bond motifs is 1. The number of anilines is 1. The first-order chi connectivity index (χ1) is 16.6. The third kappa shape index (κ3) is 6.67. The molecule has 0 atom stereocenters. The molecule has 0 saturated carbocycles. The van der Waals surface area contributed by atoms with Gasteiger partial charge in [-0.05, 0) is 56.2 Å². The standard InChI is InChI=1S/C28H30N2O4S/c1-6-19(20-9-11-21(12-10-20)24(31)17-28(3,4)26(32)33)8-7-18(2)29-27-30-23-15-13-22(34-5)14-16-25(23)35-27/h6-14,16H,1,15,17H2,2-5H3,(H,29,30)(H,32,33)/b18-7+,19-8+. The number of carboxylic acid groups (broad SMARTS) is 1. The number of carbonyl (C=O) groups is 2. The summed E-state index contributed by atoms with van der Waals surface area (Å²) in [4.78, 5) is 29.6. The van der Waals surface area contributed by atoms with Crippen molar-refractivity contribution in [3.63, 3.8) is 0 Å². The molecule has 2 N–H and O–H groups in total. The van der Waals surface area contributed by atoms with Gasteiger partial charge in [-0.1, -0.05) is 54.3 Å². The number of thiazole rings is 1. The Kier molecular flexibility index (Phi) is 8.25. The van der Waals surface area contributed by atoms with Gasteiger partial charge in [0.2, 0.25) is 0 Å². The summed E-state index contributed by atoms with van der Waals surface area (Å²) < 4.78 is 5.29. The smallest absolute Gasteiger partial charge is 0.309 e. The number of methoxy groups -OCH3 is 1. The Morgan fingerprint density at radius 1 is 1.20 bits per heavy atom. The second kappa shape index (κ2) is 11.1. The van der Waals surface area contributed by atoms with E-state index in [1.165, 1.54) is 0 Å². The van der Waals surface area contributed by atoms with Crippen LogP contribution in [0.1, 0.15) is 53.7 Å². The van der Waals surface area contributed by atoms with Gasteiger partial charge in [-0.2, -0.15) is 0 Å². The zero-order valence-electron chi connectivity index (χ0n) is 20.4. The van der Waals surface area contributed by atoms with E-state index in [1.807, 2.05) is 49.4 Å². The van der Waals surface area contributed by atoms with Crippen molar-refractivity contribution in [2.75, 3.05) is 12.4 Å². The first kappa shape index (κ1) is 25.9. The molecule has 1 aromatic carbocycles. The minimum absolute atomic E-state index is 0.0563. The lowest BCUT2D eigenvalue weighted by Gasteiger charge is -2.17. The molecule has 6 nitrogen and oxygen atoms in total. The van der Waals surface area contributed by atoms with E-state index in [0.717, 1.165) is 44.7 Å². The SMILES string of the molecule is C=C/C(=C\C=C(/C)Nc1nc2c(s1)C=CC(OC)=CC2)c1ccc(C(=O)CC(C)(C)C(=O)O)cc1. The van der Waals surface area contributed by atoms with E-state index in [-0.39, 0.29) is 12.2 Å². The number of carboxylic acids is 1. The summed E-state index contributed by atoms with van der Waals surface area (Å²) >= 11 is 1.59. The Labute approximate surface area is 210 Å². The van der Waals surface area contributed by atoms with Gasteiger partial charge >= 0.3 is 5.97 Å². The van der Waals surface area contributed by atoms with E-state index in [4.69, 9.17) is 9.72 Å². The Morgan fingerprint density at radius 2 is 1.89 bits per heavy atom. The summed E-state index contributed by atoms with van der Waals surface area (Å²) in [6, 6.07) is 7.14. The van der Waals surface area contributed by atoms with Crippen molar-refractivity contribution >= 4 is 39.9 Å². The third-order valence-electron chi connectivity index (χ3n) is 5.62. The van der Waals surface area contributed by atoms with Crippen molar-refractivity contribution in [1.29, 1.82) is 0 Å². The number of nitrogens with zero attached hydrogens (tertiary/aromatic N) is 1. The fraction of sp³-hybridized carbons (Fsp3) is 0.250. The number of nitrogens with one attached hydrogen (secondary N) is 1. The lowest BCUT2D eigenvalue weighted by atomic mass is 9.85. The van der Waals surface area contributed by atoms with Crippen LogP contribution in [0.25, 0.3) is 11.6 Å². The van der Waals surface area contributed by atoms with Crippen LogP contribution in [0, 0.1) is 5.41 Å². The van der Waals surface area contributed by atoms with Crippen LogP contribution >= 0.6 is 11.3 Å². The number of aromatic nitrogens is 1. The van der Waals surface area contributed by atoms with Crippen LogP contribution in [-0.2, 0) is 16.0 Å². The fourth-order valence-corrected chi connectivity index (χ4v) is 4.36. The first-order valence-corrected chi connectivity index (χ1v) is 12.0. The molecule has 1 aliphatic carbocycles. The van der Waals surface area contributed by atoms with Crippen LogP contribution in [0.15, 0.2) is 72.7 Å². The van der Waals surface area contributed by atoms with Crippen LogP contribution in [0.2, 0.25) is 0 Å². The summed E-state index contributed by atoms with van der Waals surface area (Å²) in [6.45, 7) is 8.98. The number of ether oxygens (including phenoxy) is 1. The molecule has 1 aliphatic rings. The molecule has 0 fully saturated rings. The number of benzene rings is 1. The van der Waals surface area contributed by atoms with E-state index < -0.39 is 11.4 Å². The number of hydrogen-bond donors (Lipinski definition) is 2. The Balaban J connectivity index is 1.69. The van der Waals surface area contributed by atoms with Gasteiger partial charge in [0.05, 0.1) is 23.1 Å². The quantitative estimate of drug-likeness (QED) is 0.291. The van der Waals surface area contributed by atoms with Gasteiger partial charge < -0.3 is 15.2 Å². The second-order valence-corrected chi connectivity index (χ2v) is 9.88. The van der Waals surface area contributed by atoms with Gasteiger partial charge in [-0.25, -0.2) is 4.98 Å². The molecule has 0 aliphatic heterocycles. The lowest BCUT2D eigenvalue weighted by Crippen LogP contribution is -2.26. The molecular formula is C28H30N2O4S. The maximum absolute atomic E-state index is 12.5. The Morgan fingerprint density at radius 3 is 2.51 bits per heavy atom. The molecule has 35 heavy (non-hydrogen) atoms. The molecule has 0 spiro atoms. The van der Waals surface area contributed by atoms with E-state index in [2.05, 4.69) is 11.9 Å². The van der Waals surface area contributed by atoms with Crippen molar-refractivity contribution in [3.8, 4) is 0 Å². The molecule has 0 saturated heterocycles. The Hall–Kier alpha value is -3.71. The largest absolute Gasteiger partial charge is 0.497 e. The number of allylic oxidation sites excluding steroid dienone is 7. The van der Waals surface area contributed by atoms with Crippen LogP contribution in [0.3, 0.4) is 0 Å². The van der Waals surface area contributed by atoms with E-state index in [1.54, 1.807) is 50.5 Å². The normalized spacial score (nSPS) is 14.0. The Bertz CT molecular complexity index is 1240. The molecule has 2 aromatic rings. The topological polar surface area (TPSA) is 88.5 Å². The molecule has 182 valence electrons. The molecule has 0 bridgehead atoms. The van der Waals surface area contributed by atoms with E-state index >= 15 is 0 Å². The van der Waals surface area contributed by atoms with Gasteiger partial charge in [0.15, 0.2) is 10.9 Å². The molecule has 0 unspecified atom stereocenters. The maximum atomic E-state index is 12.5. The predicted molar refractivity (Wildman–Crippen MR) is 142 cm³/mol. The van der Waals surface area contributed by atoms with Gasteiger partial charge in [0.25, 0.3) is 0 Å². The minimum Gasteiger partial charge on any atom is -0.497 e. The average molecular weight is 491 g/mol. The van der Waals surface area contributed by atoms with Crippen LogP contribution < -0.4 is 5.32 Å². The summed E-state index contributed by atoms with van der Waals surface area (Å²) in [5.74, 6) is -0.347. The van der Waals surface area contributed by atoms with Gasteiger partial charge in [0, 0.05) is 24.1 Å². The highest BCUT2D eigenvalue weighted by Gasteiger charge is 2.30. The van der Waals surface area contributed by atoms with Gasteiger partial charge in [-0.15, -0.1) is 0 Å². The van der Waals surface area contributed by atoms with E-state index in [9.17, 15) is 14.7 Å². The van der Waals surface area contributed by atoms with Crippen LogP contribution in [0.4, 0.5) is 5.13 Å². The van der Waals surface area contributed by atoms with Crippen molar-refractivity contribution in [3.05, 3.63) is 94.4 Å². The van der Waals surface area contributed by atoms with Gasteiger partial charge in [-0.3, -0.25) is 9.59 Å². The van der Waals surface area contributed by atoms with Crippen molar-refractivity contribution in [2.24, 2.45) is 5.41 Å². The van der Waals surface area contributed by atoms with Crippen molar-refractivity contribution < 1.29 is 19.4 Å². The lowest BCUT2D eigenvalue weighted by molar-refractivity contribution is -0.146. The maximum Gasteiger partial charge on any atom is 0.309 e. The zero-order chi connectivity index (χ0) is 25.6. The average Bonchev–Trinajstić information content (AvgIpc) is 3.10. The monoisotopic (exact) mass is 490 g/mol. The molecule has 1 heterocycles. The highest BCUT2D eigenvalue weighted by atomic mass is 32.1. The van der Waals surface area contributed by atoms with Crippen molar-refractivity contribution in [1.82, 2.24) is 4.98 Å². The number of rotatable bonds is 10. The van der Waals surface area contributed by atoms with E-state index in [0.29, 0.717) is 5.56 Å². The zero-order valence-corrected chi connectivity index (χ0v) is 21.2. The molecule has 3 rings (SSSR count). The van der Waals surface area contributed by atoms with Crippen molar-refractivity contribution in [2.45, 2.75) is 33.6 Å². The predicted octanol–water partition coefficient (Wildman–Crippen LogP) is 6.51. The fourth-order valence-electron chi connectivity index (χ4n) is 3.40. The highest BCUT2D eigenvalue weighted by Crippen LogP contribution is 2.29. The second-order valence-electron chi connectivity index (χ2n) is 8.85. The molecular weight excluding hydrogens is 460 g/mol. The summed E-state index contributed by atoms with van der Waals surface area (Å²) in [5, 5.41) is 13.4. The molecule has 0 amide bonds. The van der Waals surface area contributed by atoms with Gasteiger partial charge in [0.1, 0.15) is 5.76 Å². The van der Waals surface area contributed by atoms with Crippen LogP contribution in [0.5, 0.6) is 0 Å². The summed E-state index contributed by atoms with van der Waals surface area (Å²) in [6.07, 6.45) is 12.3. The molecule has 7 heteroatoms. The first-order valence-electron chi connectivity index (χ1n) is 11.2. The number of ketones is 1. The molecule has 0 radical (unpaired) electrons. The molecule has 1 aromatic heterocycles. The minimum atomic E-state index is -1.10. The number of aliphatic carboxylic acids is 1. The number of hydrogen-bond acceptors (Lipinski definition) is 6. The summed E-state index contributed by atoms with van der Waals surface area (Å²) in [7, 11) is 1.66. The number of carbonyl (C=O) groups excluding carboxylic acids is 1.